The average Bonchev–Trinajstić information content (AvgIpc) is 2.94. The third-order valence-corrected chi connectivity index (χ3v) is 5.00. The highest BCUT2D eigenvalue weighted by Gasteiger charge is 2.49. The average molecular weight is 442 g/mol. The van der Waals surface area contributed by atoms with Gasteiger partial charge in [-0.1, -0.05) is 13.8 Å². The minimum Gasteiger partial charge on any atom is -0.394 e. The van der Waals surface area contributed by atoms with Gasteiger partial charge < -0.3 is 59.4 Å². The van der Waals surface area contributed by atoms with Gasteiger partial charge in [0.25, 0.3) is 0 Å². The molecule has 0 saturated carbocycles. The first-order valence-corrected chi connectivity index (χ1v) is 9.95. The third-order valence-electron chi connectivity index (χ3n) is 5.00. The lowest BCUT2D eigenvalue weighted by Crippen LogP contribution is -2.59. The lowest BCUT2D eigenvalue weighted by Gasteiger charge is -2.43. The fourth-order valence-corrected chi connectivity index (χ4v) is 3.39. The highest BCUT2D eigenvalue weighted by atomic mass is 16.7. The number of ether oxygens (including phenoxy) is 5. The Labute approximate surface area is 174 Å². The number of aliphatic hydroxyl groups is 7. The zero-order chi connectivity index (χ0) is 22.6. The summed E-state index contributed by atoms with van der Waals surface area (Å²) in [7, 11) is 0. The van der Waals surface area contributed by atoms with Gasteiger partial charge in [-0.15, -0.1) is 0 Å². The molecule has 12 heteroatoms. The Morgan fingerprint density at radius 2 is 1.67 bits per heavy atom. The molecule has 10 atom stereocenters. The van der Waals surface area contributed by atoms with Crippen LogP contribution >= 0.6 is 0 Å². The van der Waals surface area contributed by atoms with Crippen molar-refractivity contribution in [3.63, 3.8) is 0 Å². The van der Waals surface area contributed by atoms with Gasteiger partial charge in [-0.25, -0.2) is 0 Å². The molecule has 0 aromatic carbocycles. The van der Waals surface area contributed by atoms with Gasteiger partial charge in [0, 0.05) is 0 Å². The van der Waals surface area contributed by atoms with Crippen molar-refractivity contribution >= 4 is 0 Å². The Morgan fingerprint density at radius 1 is 1.00 bits per heavy atom. The maximum atomic E-state index is 10.8. The minimum absolute atomic E-state index is 0.110. The monoisotopic (exact) mass is 442 g/mol. The van der Waals surface area contributed by atoms with Crippen LogP contribution in [0.1, 0.15) is 20.8 Å². The second-order valence-electron chi connectivity index (χ2n) is 7.98. The molecule has 0 aromatic heterocycles. The largest absolute Gasteiger partial charge is 0.394 e. The van der Waals surface area contributed by atoms with Gasteiger partial charge in [0.2, 0.25) is 12.6 Å². The molecular weight excluding hydrogens is 408 g/mol. The summed E-state index contributed by atoms with van der Waals surface area (Å²) < 4.78 is 27.3. The van der Waals surface area contributed by atoms with E-state index in [-0.39, 0.29) is 19.1 Å². The van der Waals surface area contributed by atoms with Crippen LogP contribution in [0.2, 0.25) is 0 Å². The molecule has 0 radical (unpaired) electrons. The maximum Gasteiger partial charge on any atom is 0.209 e. The maximum absolute atomic E-state index is 10.8. The van der Waals surface area contributed by atoms with Crippen LogP contribution in [-0.4, -0.2) is 123 Å². The smallest absolute Gasteiger partial charge is 0.209 e. The van der Waals surface area contributed by atoms with Gasteiger partial charge in [0.1, 0.15) is 36.6 Å². The van der Waals surface area contributed by atoms with Crippen LogP contribution < -0.4 is 0 Å². The first kappa shape index (κ1) is 25.8. The zero-order valence-electron chi connectivity index (χ0n) is 17.2. The van der Waals surface area contributed by atoms with Gasteiger partial charge >= 0.3 is 0 Å². The van der Waals surface area contributed by atoms with E-state index in [1.165, 1.54) is 6.92 Å². The molecular formula is C18H34O12. The fraction of sp³-hybridized carbons (Fsp3) is 1.00. The Morgan fingerprint density at radius 3 is 2.17 bits per heavy atom. The molecule has 0 spiro atoms. The summed E-state index contributed by atoms with van der Waals surface area (Å²) in [6, 6.07) is 0. The summed E-state index contributed by atoms with van der Waals surface area (Å²) in [5, 5.41) is 68.4. The Bertz CT molecular complexity index is 504. The highest BCUT2D eigenvalue weighted by molar-refractivity contribution is 4.93. The van der Waals surface area contributed by atoms with Crippen LogP contribution in [0.4, 0.5) is 0 Å². The molecule has 178 valence electrons. The summed E-state index contributed by atoms with van der Waals surface area (Å²) >= 11 is 0. The van der Waals surface area contributed by atoms with E-state index in [0.717, 1.165) is 0 Å². The van der Waals surface area contributed by atoms with E-state index in [9.17, 15) is 35.7 Å². The van der Waals surface area contributed by atoms with E-state index in [4.69, 9.17) is 23.7 Å². The van der Waals surface area contributed by atoms with Crippen molar-refractivity contribution < 1.29 is 59.4 Å². The summed E-state index contributed by atoms with van der Waals surface area (Å²) in [4.78, 5) is 0. The molecule has 2 fully saturated rings. The Kier molecular flexibility index (Phi) is 9.80. The fourth-order valence-electron chi connectivity index (χ4n) is 3.39. The molecule has 0 bridgehead atoms. The Hall–Kier alpha value is -0.480. The van der Waals surface area contributed by atoms with Gasteiger partial charge in [-0.05, 0) is 12.8 Å². The van der Waals surface area contributed by atoms with Gasteiger partial charge in [0.15, 0.2) is 6.29 Å². The molecule has 0 amide bonds. The van der Waals surface area contributed by atoms with Gasteiger partial charge in [0.05, 0.1) is 32.0 Å². The molecule has 12 nitrogen and oxygen atoms in total. The van der Waals surface area contributed by atoms with Crippen LogP contribution in [0.5, 0.6) is 0 Å². The lowest BCUT2D eigenvalue weighted by molar-refractivity contribution is -0.323. The standard InChI is InChI=1S/C18H34O12/c1-7(2)14-15(30-17-13(23)11(21)9(4-19)28-17)12(22)10(6-26-14)29-18(16(24)25)27-5-8(3)20/h7-25H,4-6H2,1-3H3. The summed E-state index contributed by atoms with van der Waals surface area (Å²) in [6.45, 7) is 4.23. The van der Waals surface area contributed by atoms with Gasteiger partial charge in [-0.3, -0.25) is 0 Å². The highest BCUT2D eigenvalue weighted by Crippen LogP contribution is 2.31. The summed E-state index contributed by atoms with van der Waals surface area (Å²) in [5.74, 6) is -0.117. The van der Waals surface area contributed by atoms with Crippen molar-refractivity contribution in [2.45, 2.75) is 88.5 Å². The zero-order valence-corrected chi connectivity index (χ0v) is 17.2. The van der Waals surface area contributed by atoms with Gasteiger partial charge in [-0.2, -0.15) is 0 Å². The van der Waals surface area contributed by atoms with E-state index in [2.05, 4.69) is 0 Å². The number of aliphatic hydroxyl groups excluding tert-OH is 6. The SMILES string of the molecule is CC(O)COC(OC1COC(C(C)C)C(OC2OC(CO)C(O)C2O)C1O)C(O)O. The molecule has 0 aliphatic carbocycles. The van der Waals surface area contributed by atoms with Crippen molar-refractivity contribution in [1.29, 1.82) is 0 Å². The molecule has 10 unspecified atom stereocenters. The summed E-state index contributed by atoms with van der Waals surface area (Å²) in [6.07, 6.45) is -13.8. The molecule has 2 aliphatic heterocycles. The number of hydrogen-bond donors (Lipinski definition) is 7. The predicted molar refractivity (Wildman–Crippen MR) is 97.7 cm³/mol. The topological polar surface area (TPSA) is 188 Å². The molecule has 2 heterocycles. The van der Waals surface area contributed by atoms with Crippen LogP contribution in [0.25, 0.3) is 0 Å². The molecule has 2 rings (SSSR count). The van der Waals surface area contributed by atoms with E-state index in [0.29, 0.717) is 0 Å². The van der Waals surface area contributed by atoms with Crippen molar-refractivity contribution in [3.8, 4) is 0 Å². The quantitative estimate of drug-likeness (QED) is 0.167. The van der Waals surface area contributed by atoms with Crippen molar-refractivity contribution in [3.05, 3.63) is 0 Å². The predicted octanol–water partition coefficient (Wildman–Crippen LogP) is -3.35. The molecule has 2 aliphatic rings. The van der Waals surface area contributed by atoms with E-state index in [1.807, 2.05) is 13.8 Å². The van der Waals surface area contributed by atoms with Crippen molar-refractivity contribution in [2.75, 3.05) is 19.8 Å². The van der Waals surface area contributed by atoms with E-state index < -0.39 is 74.3 Å². The number of rotatable bonds is 10. The molecule has 2 saturated heterocycles. The first-order valence-electron chi connectivity index (χ1n) is 9.95. The molecule has 0 aromatic rings. The normalized spacial score (nSPS) is 39.6. The Balaban J connectivity index is 2.10. The number of hydrogen-bond acceptors (Lipinski definition) is 12. The minimum atomic E-state index is -2.04. The van der Waals surface area contributed by atoms with Crippen molar-refractivity contribution in [1.82, 2.24) is 0 Å². The van der Waals surface area contributed by atoms with Crippen LogP contribution in [-0.2, 0) is 23.7 Å². The molecule has 7 N–H and O–H groups in total. The second kappa shape index (κ2) is 11.4. The van der Waals surface area contributed by atoms with Crippen LogP contribution in [0.3, 0.4) is 0 Å². The lowest BCUT2D eigenvalue weighted by atomic mass is 9.92. The van der Waals surface area contributed by atoms with Crippen LogP contribution in [0, 0.1) is 5.92 Å². The third kappa shape index (κ3) is 6.28. The summed E-state index contributed by atoms with van der Waals surface area (Å²) in [5.41, 5.74) is 0. The van der Waals surface area contributed by atoms with E-state index in [1.54, 1.807) is 0 Å². The van der Waals surface area contributed by atoms with Crippen molar-refractivity contribution in [2.24, 2.45) is 5.92 Å². The van der Waals surface area contributed by atoms with Crippen LogP contribution in [0.15, 0.2) is 0 Å². The second-order valence-corrected chi connectivity index (χ2v) is 7.98. The first-order chi connectivity index (χ1) is 14.1. The van der Waals surface area contributed by atoms with E-state index >= 15 is 0 Å². The molecule has 30 heavy (non-hydrogen) atoms.